The van der Waals surface area contributed by atoms with Gasteiger partial charge in [0.1, 0.15) is 0 Å². The summed E-state index contributed by atoms with van der Waals surface area (Å²) in [6, 6.07) is 6.56. The number of rotatable bonds is 3. The van der Waals surface area contributed by atoms with Crippen molar-refractivity contribution in [3.05, 3.63) is 57.5 Å². The first-order valence-electron chi connectivity index (χ1n) is 5.59. The van der Waals surface area contributed by atoms with E-state index in [9.17, 15) is 0 Å². The largest absolute Gasteiger partial charge is 0.472 e. The van der Waals surface area contributed by atoms with Crippen molar-refractivity contribution in [2.75, 3.05) is 7.05 Å². The lowest BCUT2D eigenvalue weighted by molar-refractivity contribution is 0.557. The zero-order valence-corrected chi connectivity index (χ0v) is 11.8. The topological polar surface area (TPSA) is 25.2 Å². The summed E-state index contributed by atoms with van der Waals surface area (Å²) < 4.78 is 6.32. The molecule has 0 saturated carbocycles. The summed E-state index contributed by atoms with van der Waals surface area (Å²) in [4.78, 5) is 0. The molecule has 1 aromatic heterocycles. The third-order valence-corrected chi connectivity index (χ3v) is 3.88. The van der Waals surface area contributed by atoms with Crippen LogP contribution in [0.15, 0.2) is 39.6 Å². The Morgan fingerprint density at radius 3 is 2.59 bits per heavy atom. The molecule has 0 amide bonds. The van der Waals surface area contributed by atoms with Gasteiger partial charge in [0, 0.05) is 10.0 Å². The molecule has 0 fully saturated rings. The molecule has 0 aliphatic heterocycles. The maximum Gasteiger partial charge on any atom is 0.0953 e. The van der Waals surface area contributed by atoms with Gasteiger partial charge >= 0.3 is 0 Å². The van der Waals surface area contributed by atoms with Gasteiger partial charge in [-0.2, -0.15) is 0 Å². The molecule has 0 radical (unpaired) electrons. The summed E-state index contributed by atoms with van der Waals surface area (Å²) in [5.74, 6) is 0. The third kappa shape index (κ3) is 2.45. The highest BCUT2D eigenvalue weighted by Gasteiger charge is 2.16. The molecule has 90 valence electrons. The van der Waals surface area contributed by atoms with Crippen LogP contribution in [0.4, 0.5) is 0 Å². The van der Waals surface area contributed by atoms with Crippen LogP contribution in [0.5, 0.6) is 0 Å². The third-order valence-electron chi connectivity index (χ3n) is 3.02. The molecular formula is C14H16BrNO. The number of furan rings is 1. The van der Waals surface area contributed by atoms with E-state index in [1.165, 1.54) is 16.7 Å². The van der Waals surface area contributed by atoms with E-state index in [2.05, 4.69) is 47.2 Å². The first kappa shape index (κ1) is 12.4. The average Bonchev–Trinajstić information content (AvgIpc) is 2.80. The zero-order valence-electron chi connectivity index (χ0n) is 10.3. The summed E-state index contributed by atoms with van der Waals surface area (Å²) in [7, 11) is 1.97. The normalized spacial score (nSPS) is 12.7. The fourth-order valence-electron chi connectivity index (χ4n) is 2.06. The Bertz CT molecular complexity index is 505. The van der Waals surface area contributed by atoms with Crippen molar-refractivity contribution in [3.63, 3.8) is 0 Å². The number of hydrogen-bond acceptors (Lipinski definition) is 2. The molecule has 0 aliphatic carbocycles. The summed E-state index contributed by atoms with van der Waals surface area (Å²) in [5, 5.41) is 3.33. The van der Waals surface area contributed by atoms with Crippen molar-refractivity contribution in [1.29, 1.82) is 0 Å². The van der Waals surface area contributed by atoms with E-state index in [0.717, 1.165) is 10.0 Å². The van der Waals surface area contributed by atoms with E-state index in [-0.39, 0.29) is 6.04 Å². The Labute approximate surface area is 110 Å². The predicted molar refractivity (Wildman–Crippen MR) is 73.2 cm³/mol. The fourth-order valence-corrected chi connectivity index (χ4v) is 2.51. The molecule has 2 nitrogen and oxygen atoms in total. The number of benzene rings is 1. The quantitative estimate of drug-likeness (QED) is 0.926. The lowest BCUT2D eigenvalue weighted by Crippen LogP contribution is -2.18. The molecular weight excluding hydrogens is 278 g/mol. The Morgan fingerprint density at radius 1 is 1.24 bits per heavy atom. The van der Waals surface area contributed by atoms with E-state index in [1.807, 2.05) is 13.1 Å². The van der Waals surface area contributed by atoms with Gasteiger partial charge < -0.3 is 9.73 Å². The summed E-state index contributed by atoms with van der Waals surface area (Å²) in [6.45, 7) is 4.24. The van der Waals surface area contributed by atoms with Crippen molar-refractivity contribution < 1.29 is 4.42 Å². The van der Waals surface area contributed by atoms with Gasteiger partial charge in [-0.15, -0.1) is 0 Å². The van der Waals surface area contributed by atoms with Crippen LogP contribution in [0.1, 0.15) is 28.3 Å². The molecule has 2 aromatic rings. The molecule has 3 heteroatoms. The molecule has 0 aliphatic rings. The van der Waals surface area contributed by atoms with Gasteiger partial charge in [0.15, 0.2) is 0 Å². The highest BCUT2D eigenvalue weighted by atomic mass is 79.9. The predicted octanol–water partition coefficient (Wildman–Crippen LogP) is 3.97. The molecule has 0 bridgehead atoms. The number of hydrogen-bond donors (Lipinski definition) is 1. The van der Waals surface area contributed by atoms with E-state index in [4.69, 9.17) is 4.42 Å². The number of aryl methyl sites for hydroxylation is 2. The van der Waals surface area contributed by atoms with Gasteiger partial charge in [0.25, 0.3) is 0 Å². The Morgan fingerprint density at radius 2 is 2.00 bits per heavy atom. The second-order valence-corrected chi connectivity index (χ2v) is 5.09. The van der Waals surface area contributed by atoms with Crippen molar-refractivity contribution in [2.45, 2.75) is 19.9 Å². The smallest absolute Gasteiger partial charge is 0.0953 e. The van der Waals surface area contributed by atoms with Crippen LogP contribution in [-0.4, -0.2) is 7.05 Å². The minimum absolute atomic E-state index is 0.181. The van der Waals surface area contributed by atoms with Crippen molar-refractivity contribution in [2.24, 2.45) is 0 Å². The van der Waals surface area contributed by atoms with Crippen LogP contribution in [0, 0.1) is 13.8 Å². The van der Waals surface area contributed by atoms with Crippen molar-refractivity contribution in [3.8, 4) is 0 Å². The van der Waals surface area contributed by atoms with E-state index in [1.54, 1.807) is 12.5 Å². The Balaban J connectivity index is 2.48. The van der Waals surface area contributed by atoms with Crippen LogP contribution in [0.3, 0.4) is 0 Å². The van der Waals surface area contributed by atoms with Gasteiger partial charge in [0.05, 0.1) is 18.6 Å². The molecule has 0 saturated heterocycles. The molecule has 2 rings (SSSR count). The highest BCUT2D eigenvalue weighted by Crippen LogP contribution is 2.29. The first-order chi connectivity index (χ1) is 8.13. The number of halogens is 1. The second kappa shape index (κ2) is 5.07. The van der Waals surface area contributed by atoms with Gasteiger partial charge in [-0.1, -0.05) is 22.0 Å². The van der Waals surface area contributed by atoms with Gasteiger partial charge in [0.2, 0.25) is 0 Å². The minimum atomic E-state index is 0.181. The Hall–Kier alpha value is -1.06. The molecule has 17 heavy (non-hydrogen) atoms. The second-order valence-electron chi connectivity index (χ2n) is 4.24. The monoisotopic (exact) mass is 293 g/mol. The first-order valence-corrected chi connectivity index (χ1v) is 6.38. The lowest BCUT2D eigenvalue weighted by atomic mass is 9.95. The van der Waals surface area contributed by atoms with E-state index < -0.39 is 0 Å². The fraction of sp³-hybridized carbons (Fsp3) is 0.286. The maximum absolute atomic E-state index is 5.16. The van der Waals surface area contributed by atoms with Crippen LogP contribution in [-0.2, 0) is 0 Å². The summed E-state index contributed by atoms with van der Waals surface area (Å²) >= 11 is 3.56. The van der Waals surface area contributed by atoms with Crippen LogP contribution < -0.4 is 5.32 Å². The van der Waals surface area contributed by atoms with Crippen LogP contribution in [0.25, 0.3) is 0 Å². The standard InChI is InChI=1S/C14H16BrNO/c1-9-7-13(15)10(2)6-12(9)14(16-3)11-4-5-17-8-11/h4-8,14,16H,1-3H3. The maximum atomic E-state index is 5.16. The highest BCUT2D eigenvalue weighted by molar-refractivity contribution is 9.10. The SMILES string of the molecule is CNC(c1ccoc1)c1cc(C)c(Br)cc1C. The molecule has 1 aromatic carbocycles. The summed E-state index contributed by atoms with van der Waals surface area (Å²) in [5.41, 5.74) is 4.95. The van der Waals surface area contributed by atoms with Gasteiger partial charge in [-0.3, -0.25) is 0 Å². The molecule has 1 unspecified atom stereocenters. The van der Waals surface area contributed by atoms with Crippen LogP contribution >= 0.6 is 15.9 Å². The molecule has 0 spiro atoms. The van der Waals surface area contributed by atoms with Gasteiger partial charge in [-0.05, 0) is 49.7 Å². The Kier molecular flexibility index (Phi) is 3.69. The van der Waals surface area contributed by atoms with E-state index >= 15 is 0 Å². The minimum Gasteiger partial charge on any atom is -0.472 e. The van der Waals surface area contributed by atoms with Crippen LogP contribution in [0.2, 0.25) is 0 Å². The van der Waals surface area contributed by atoms with Crippen molar-refractivity contribution in [1.82, 2.24) is 5.32 Å². The molecule has 1 N–H and O–H groups in total. The lowest BCUT2D eigenvalue weighted by Gasteiger charge is -2.18. The van der Waals surface area contributed by atoms with E-state index in [0.29, 0.717) is 0 Å². The zero-order chi connectivity index (χ0) is 12.4. The summed E-state index contributed by atoms with van der Waals surface area (Å²) in [6.07, 6.45) is 3.50. The molecule has 1 atom stereocenters. The molecule has 1 heterocycles. The van der Waals surface area contributed by atoms with Crippen molar-refractivity contribution >= 4 is 15.9 Å². The average molecular weight is 294 g/mol. The van der Waals surface area contributed by atoms with Gasteiger partial charge in [-0.25, -0.2) is 0 Å². The number of nitrogens with one attached hydrogen (secondary N) is 1.